The van der Waals surface area contributed by atoms with Gasteiger partial charge in [0.25, 0.3) is 0 Å². The molecule has 0 aliphatic heterocycles. The number of aliphatic hydroxyl groups excluding tert-OH is 2. The van der Waals surface area contributed by atoms with Gasteiger partial charge in [0.05, 0.1) is 37.9 Å². The van der Waals surface area contributed by atoms with E-state index in [4.69, 9.17) is 14.8 Å². The fourth-order valence-corrected chi connectivity index (χ4v) is 7.88. The molecule has 1 amide bonds. The maximum absolute atomic E-state index is 12.8. The Morgan fingerprint density at radius 3 is 1.42 bits per heavy atom. The predicted octanol–water partition coefficient (Wildman–Crippen LogP) is 12.1. The number of aliphatic hydroxyl groups is 2. The fraction of sp³-hybridized carbons (Fsp3) is 0.933. The third kappa shape index (κ3) is 39.8. The summed E-state index contributed by atoms with van der Waals surface area (Å²) in [7, 11) is -4.38. The van der Waals surface area contributed by atoms with E-state index < -0.39 is 32.0 Å². The molecule has 9 nitrogen and oxygen atoms in total. The van der Waals surface area contributed by atoms with E-state index in [1.165, 1.54) is 148 Å². The van der Waals surface area contributed by atoms with E-state index in [2.05, 4.69) is 31.3 Å². The number of phosphoric acid groups is 1. The van der Waals surface area contributed by atoms with E-state index in [-0.39, 0.29) is 26.2 Å². The lowest BCUT2D eigenvalue weighted by Gasteiger charge is -2.25. The number of unbranched alkanes of at least 4 members (excludes halogenated alkanes) is 28. The molecule has 0 bridgehead atoms. The summed E-state index contributed by atoms with van der Waals surface area (Å²) in [6, 6.07) is -0.898. The molecule has 0 aliphatic rings. The van der Waals surface area contributed by atoms with Crippen LogP contribution in [-0.4, -0.2) is 59.0 Å². The lowest BCUT2D eigenvalue weighted by Crippen LogP contribution is -2.47. The molecular weight excluding hydrogens is 711 g/mol. The second-order valence-corrected chi connectivity index (χ2v) is 17.6. The van der Waals surface area contributed by atoms with Crippen LogP contribution in [0.1, 0.15) is 232 Å². The molecule has 0 spiro atoms. The highest BCUT2D eigenvalue weighted by molar-refractivity contribution is 7.47. The van der Waals surface area contributed by atoms with Gasteiger partial charge in [-0.25, -0.2) is 4.57 Å². The van der Waals surface area contributed by atoms with E-state index in [0.29, 0.717) is 12.8 Å². The Bertz CT molecular complexity index is 893. The van der Waals surface area contributed by atoms with Gasteiger partial charge in [-0.1, -0.05) is 199 Å². The molecular formula is C45H91N2O7P. The molecule has 55 heavy (non-hydrogen) atoms. The minimum atomic E-state index is -4.38. The average molecular weight is 803 g/mol. The van der Waals surface area contributed by atoms with Crippen LogP contribution >= 0.6 is 7.82 Å². The van der Waals surface area contributed by atoms with Crippen LogP contribution in [0.15, 0.2) is 12.2 Å². The van der Waals surface area contributed by atoms with Crippen LogP contribution in [0.5, 0.6) is 0 Å². The second kappa shape index (κ2) is 41.4. The van der Waals surface area contributed by atoms with Crippen molar-refractivity contribution in [3.8, 4) is 0 Å². The Balaban J connectivity index is 4.22. The predicted molar refractivity (Wildman–Crippen MR) is 232 cm³/mol. The first-order valence-electron chi connectivity index (χ1n) is 23.4. The van der Waals surface area contributed by atoms with Gasteiger partial charge in [0.15, 0.2) is 0 Å². The van der Waals surface area contributed by atoms with Crippen LogP contribution in [0, 0.1) is 0 Å². The van der Waals surface area contributed by atoms with Crippen molar-refractivity contribution in [2.75, 3.05) is 19.8 Å². The van der Waals surface area contributed by atoms with Gasteiger partial charge in [0.2, 0.25) is 5.91 Å². The third-order valence-electron chi connectivity index (χ3n) is 10.7. The van der Waals surface area contributed by atoms with E-state index in [1.807, 2.05) is 0 Å². The Labute approximate surface area is 339 Å². The maximum atomic E-state index is 12.8. The second-order valence-electron chi connectivity index (χ2n) is 16.2. The van der Waals surface area contributed by atoms with Crippen molar-refractivity contribution in [1.29, 1.82) is 0 Å². The molecule has 0 rings (SSSR count). The number of hydrogen-bond donors (Lipinski definition) is 5. The van der Waals surface area contributed by atoms with Gasteiger partial charge >= 0.3 is 7.82 Å². The SMILES string of the molecule is CCCCCCCCC/C=C\CCCCCC(O)CC(=O)NC(COP(=O)(O)OCCN)C(O)CCCCCCCCCCCCCCCCCCCCC. The zero-order chi connectivity index (χ0) is 40.5. The zero-order valence-electron chi connectivity index (χ0n) is 36.0. The van der Waals surface area contributed by atoms with Gasteiger partial charge in [-0.05, 0) is 38.5 Å². The van der Waals surface area contributed by atoms with Gasteiger partial charge in [0.1, 0.15) is 0 Å². The Kier molecular flexibility index (Phi) is 40.8. The van der Waals surface area contributed by atoms with Crippen molar-refractivity contribution in [1.82, 2.24) is 5.32 Å². The smallest absolute Gasteiger partial charge is 0.393 e. The molecule has 10 heteroatoms. The van der Waals surface area contributed by atoms with Gasteiger partial charge in [-0.2, -0.15) is 0 Å². The highest BCUT2D eigenvalue weighted by Crippen LogP contribution is 2.43. The summed E-state index contributed by atoms with van der Waals surface area (Å²) < 4.78 is 22.2. The number of nitrogens with two attached hydrogens (primary N) is 1. The minimum absolute atomic E-state index is 0.0595. The van der Waals surface area contributed by atoms with Crippen LogP contribution in [0.25, 0.3) is 0 Å². The molecule has 6 N–H and O–H groups in total. The highest BCUT2D eigenvalue weighted by atomic mass is 31.2. The summed E-state index contributed by atoms with van der Waals surface area (Å²) in [5, 5.41) is 24.2. The first-order valence-corrected chi connectivity index (χ1v) is 24.9. The molecule has 4 atom stereocenters. The number of rotatable bonds is 44. The lowest BCUT2D eigenvalue weighted by atomic mass is 10.0. The van der Waals surface area contributed by atoms with Crippen LogP contribution in [-0.2, 0) is 18.4 Å². The topological polar surface area (TPSA) is 151 Å². The fourth-order valence-electron chi connectivity index (χ4n) is 7.12. The first kappa shape index (κ1) is 54.2. The van der Waals surface area contributed by atoms with Crippen LogP contribution in [0.2, 0.25) is 0 Å². The third-order valence-corrected chi connectivity index (χ3v) is 11.7. The zero-order valence-corrected chi connectivity index (χ0v) is 36.9. The first-order chi connectivity index (χ1) is 26.8. The molecule has 0 fully saturated rings. The summed E-state index contributed by atoms with van der Waals surface area (Å²) in [5.74, 6) is -0.419. The maximum Gasteiger partial charge on any atom is 0.472 e. The average Bonchev–Trinajstić information content (AvgIpc) is 3.16. The molecule has 0 aliphatic carbocycles. The normalized spacial score (nSPS) is 14.7. The summed E-state index contributed by atoms with van der Waals surface area (Å²) >= 11 is 0. The summed E-state index contributed by atoms with van der Waals surface area (Å²) in [5.41, 5.74) is 5.38. The van der Waals surface area contributed by atoms with Gasteiger partial charge in [0, 0.05) is 6.54 Å². The van der Waals surface area contributed by atoms with Crippen molar-refractivity contribution < 1.29 is 33.5 Å². The molecule has 0 aromatic carbocycles. The molecule has 0 aromatic heterocycles. The summed E-state index contributed by atoms with van der Waals surface area (Å²) in [6.45, 7) is 4.06. The number of phosphoric ester groups is 1. The van der Waals surface area contributed by atoms with Gasteiger partial charge in [-0.15, -0.1) is 0 Å². The molecule has 328 valence electrons. The number of carbonyl (C=O) groups is 1. The Morgan fingerprint density at radius 2 is 0.982 bits per heavy atom. The number of carbonyl (C=O) groups excluding carboxylic acids is 1. The lowest BCUT2D eigenvalue weighted by molar-refractivity contribution is -0.125. The highest BCUT2D eigenvalue weighted by Gasteiger charge is 2.28. The van der Waals surface area contributed by atoms with Crippen molar-refractivity contribution in [3.63, 3.8) is 0 Å². The Morgan fingerprint density at radius 1 is 0.600 bits per heavy atom. The quantitative estimate of drug-likeness (QED) is 0.0232. The van der Waals surface area contributed by atoms with Crippen LogP contribution in [0.3, 0.4) is 0 Å². The number of allylic oxidation sites excluding steroid dienone is 2. The standard InChI is InChI=1S/C45H91N2O7P/c1-3-5-7-9-11-13-15-17-19-20-21-22-23-25-27-29-31-33-35-37-44(49)43(41-54-55(51,52)53-39-38-46)47-45(50)40-42(48)36-34-32-30-28-26-24-18-16-14-12-10-8-6-4-2/h24,26,42-44,48-49H,3-23,25,27-41,46H2,1-2H3,(H,47,50)(H,51,52)/b26-24-. The van der Waals surface area contributed by atoms with Crippen LogP contribution < -0.4 is 11.1 Å². The Hall–Kier alpha value is -0.800. The van der Waals surface area contributed by atoms with E-state index >= 15 is 0 Å². The monoisotopic (exact) mass is 803 g/mol. The van der Waals surface area contributed by atoms with Crippen molar-refractivity contribution in [2.45, 2.75) is 250 Å². The number of hydrogen-bond acceptors (Lipinski definition) is 7. The van der Waals surface area contributed by atoms with Gasteiger partial charge < -0.3 is 26.2 Å². The molecule has 4 unspecified atom stereocenters. The van der Waals surface area contributed by atoms with Crippen molar-refractivity contribution >= 4 is 13.7 Å². The molecule has 0 saturated carbocycles. The molecule has 0 radical (unpaired) electrons. The van der Waals surface area contributed by atoms with Gasteiger partial charge in [-0.3, -0.25) is 13.8 Å². The molecule has 0 heterocycles. The number of amides is 1. The van der Waals surface area contributed by atoms with Crippen molar-refractivity contribution in [3.05, 3.63) is 12.2 Å². The van der Waals surface area contributed by atoms with E-state index in [9.17, 15) is 24.5 Å². The molecule has 0 aromatic rings. The summed E-state index contributed by atoms with van der Waals surface area (Å²) in [4.78, 5) is 22.8. The minimum Gasteiger partial charge on any atom is -0.393 e. The van der Waals surface area contributed by atoms with E-state index in [1.54, 1.807) is 0 Å². The number of nitrogens with one attached hydrogen (secondary N) is 1. The largest absolute Gasteiger partial charge is 0.472 e. The molecule has 0 saturated heterocycles. The summed E-state index contributed by atoms with van der Waals surface area (Å²) in [6.07, 6.45) is 42.5. The van der Waals surface area contributed by atoms with Crippen LogP contribution in [0.4, 0.5) is 0 Å². The van der Waals surface area contributed by atoms with E-state index in [0.717, 1.165) is 51.4 Å². The van der Waals surface area contributed by atoms with Crippen molar-refractivity contribution in [2.24, 2.45) is 5.73 Å².